The van der Waals surface area contributed by atoms with E-state index in [0.29, 0.717) is 34.4 Å². The number of benzene rings is 2. The van der Waals surface area contributed by atoms with Crippen molar-refractivity contribution in [1.82, 2.24) is 10.1 Å². The van der Waals surface area contributed by atoms with Crippen LogP contribution in [0.2, 0.25) is 0 Å². The molecule has 0 saturated carbocycles. The van der Waals surface area contributed by atoms with Crippen molar-refractivity contribution >= 4 is 39.1 Å². The summed E-state index contributed by atoms with van der Waals surface area (Å²) in [6.45, 7) is 5.57. The first-order chi connectivity index (χ1) is 14.8. The van der Waals surface area contributed by atoms with Crippen LogP contribution in [-0.2, 0) is 9.59 Å². The highest BCUT2D eigenvalue weighted by atomic mass is 79.9. The summed E-state index contributed by atoms with van der Waals surface area (Å²) in [4.78, 5) is 31.2. The van der Waals surface area contributed by atoms with Gasteiger partial charge in [0.05, 0.1) is 16.9 Å². The molecule has 9 heteroatoms. The summed E-state index contributed by atoms with van der Waals surface area (Å²) in [6.07, 6.45) is 0. The SMILES string of the molecule is Cc1cccc(-c2nc(C(C)C)no2)c1NC(=O)CN1C(=O)COc2cc(Br)ccc21. The van der Waals surface area contributed by atoms with Crippen LogP contribution in [0, 0.1) is 6.92 Å². The van der Waals surface area contributed by atoms with Crippen LogP contribution in [0.25, 0.3) is 11.5 Å². The third kappa shape index (κ3) is 4.32. The number of halogens is 1. The Hall–Kier alpha value is -3.20. The van der Waals surface area contributed by atoms with E-state index >= 15 is 0 Å². The molecule has 2 aromatic carbocycles. The minimum Gasteiger partial charge on any atom is -0.482 e. The van der Waals surface area contributed by atoms with E-state index in [1.807, 2.05) is 39.0 Å². The second-order valence-electron chi connectivity index (χ2n) is 7.54. The van der Waals surface area contributed by atoms with Gasteiger partial charge in [0.2, 0.25) is 5.91 Å². The second kappa shape index (κ2) is 8.50. The van der Waals surface area contributed by atoms with Crippen LogP contribution in [0.3, 0.4) is 0 Å². The van der Waals surface area contributed by atoms with E-state index in [1.165, 1.54) is 4.90 Å². The maximum Gasteiger partial charge on any atom is 0.265 e. The summed E-state index contributed by atoms with van der Waals surface area (Å²) < 4.78 is 11.7. The predicted octanol–water partition coefficient (Wildman–Crippen LogP) is 4.30. The number of aryl methyl sites for hydroxylation is 1. The van der Waals surface area contributed by atoms with Gasteiger partial charge in [0.25, 0.3) is 11.8 Å². The summed E-state index contributed by atoms with van der Waals surface area (Å²) in [5.74, 6) is 0.964. The number of aromatic nitrogens is 2. The first-order valence-electron chi connectivity index (χ1n) is 9.79. The third-order valence-corrected chi connectivity index (χ3v) is 5.39. The topological polar surface area (TPSA) is 97.6 Å². The molecule has 0 aliphatic carbocycles. The number of hydrogen-bond donors (Lipinski definition) is 1. The normalized spacial score (nSPS) is 13.2. The number of rotatable bonds is 5. The number of carbonyl (C=O) groups is 2. The molecule has 0 saturated heterocycles. The minimum absolute atomic E-state index is 0.118. The number of anilines is 2. The number of fused-ring (bicyclic) bond motifs is 1. The molecule has 1 aliphatic rings. The molecule has 3 aromatic rings. The van der Waals surface area contributed by atoms with Gasteiger partial charge in [0, 0.05) is 10.4 Å². The Morgan fingerprint density at radius 2 is 2.10 bits per heavy atom. The molecule has 0 unspecified atom stereocenters. The highest BCUT2D eigenvalue weighted by molar-refractivity contribution is 9.10. The number of ether oxygens (including phenoxy) is 1. The van der Waals surface area contributed by atoms with Crippen LogP contribution < -0.4 is 15.0 Å². The average molecular weight is 485 g/mol. The lowest BCUT2D eigenvalue weighted by Crippen LogP contribution is -2.43. The Morgan fingerprint density at radius 3 is 2.84 bits per heavy atom. The Morgan fingerprint density at radius 1 is 1.29 bits per heavy atom. The van der Waals surface area contributed by atoms with Crippen LogP contribution in [0.5, 0.6) is 5.75 Å². The summed E-state index contributed by atoms with van der Waals surface area (Å²) in [7, 11) is 0. The van der Waals surface area contributed by atoms with Crippen molar-refractivity contribution in [3.05, 3.63) is 52.3 Å². The van der Waals surface area contributed by atoms with E-state index in [2.05, 4.69) is 31.4 Å². The van der Waals surface area contributed by atoms with Gasteiger partial charge >= 0.3 is 0 Å². The molecule has 1 aromatic heterocycles. The fourth-order valence-corrected chi connectivity index (χ4v) is 3.60. The van der Waals surface area contributed by atoms with Crippen LogP contribution in [0.4, 0.5) is 11.4 Å². The van der Waals surface area contributed by atoms with Crippen molar-refractivity contribution in [2.24, 2.45) is 0 Å². The predicted molar refractivity (Wildman–Crippen MR) is 119 cm³/mol. The van der Waals surface area contributed by atoms with Gasteiger partial charge in [-0.2, -0.15) is 4.98 Å². The van der Waals surface area contributed by atoms with Crippen molar-refractivity contribution in [1.29, 1.82) is 0 Å². The number of para-hydroxylation sites is 1. The maximum atomic E-state index is 12.9. The molecule has 1 N–H and O–H groups in total. The molecule has 0 spiro atoms. The van der Waals surface area contributed by atoms with Gasteiger partial charge in [0.1, 0.15) is 12.3 Å². The van der Waals surface area contributed by atoms with E-state index < -0.39 is 0 Å². The zero-order valence-corrected chi connectivity index (χ0v) is 18.9. The highest BCUT2D eigenvalue weighted by Gasteiger charge is 2.28. The molecule has 2 amide bonds. The second-order valence-corrected chi connectivity index (χ2v) is 8.45. The van der Waals surface area contributed by atoms with E-state index in [4.69, 9.17) is 9.26 Å². The highest BCUT2D eigenvalue weighted by Crippen LogP contribution is 2.35. The molecular weight excluding hydrogens is 464 g/mol. The summed E-state index contributed by atoms with van der Waals surface area (Å²) in [5, 5.41) is 6.92. The van der Waals surface area contributed by atoms with Crippen LogP contribution in [-0.4, -0.2) is 35.1 Å². The fourth-order valence-electron chi connectivity index (χ4n) is 3.26. The van der Waals surface area contributed by atoms with E-state index in [9.17, 15) is 9.59 Å². The van der Waals surface area contributed by atoms with Gasteiger partial charge in [-0.05, 0) is 36.8 Å². The zero-order chi connectivity index (χ0) is 22.1. The van der Waals surface area contributed by atoms with E-state index in [1.54, 1.807) is 18.2 Å². The van der Waals surface area contributed by atoms with Crippen molar-refractivity contribution < 1.29 is 18.8 Å². The molecular formula is C22H21BrN4O4. The monoisotopic (exact) mass is 484 g/mol. The smallest absolute Gasteiger partial charge is 0.265 e. The molecule has 0 radical (unpaired) electrons. The summed E-state index contributed by atoms with van der Waals surface area (Å²) >= 11 is 3.39. The standard InChI is InChI=1S/C22H21BrN4O4/c1-12(2)21-25-22(31-26-21)15-6-4-5-13(3)20(15)24-18(28)10-27-16-8-7-14(23)9-17(16)30-11-19(27)29/h4-9,12H,10-11H2,1-3H3,(H,24,28). The molecule has 0 fully saturated rings. The lowest BCUT2D eigenvalue weighted by atomic mass is 10.1. The quantitative estimate of drug-likeness (QED) is 0.579. The molecule has 8 nitrogen and oxygen atoms in total. The Bertz CT molecular complexity index is 1160. The van der Waals surface area contributed by atoms with Crippen LogP contribution >= 0.6 is 15.9 Å². The van der Waals surface area contributed by atoms with Crippen LogP contribution in [0.15, 0.2) is 45.4 Å². The van der Waals surface area contributed by atoms with Crippen LogP contribution in [0.1, 0.15) is 31.2 Å². The Balaban J connectivity index is 1.59. The van der Waals surface area contributed by atoms with Gasteiger partial charge in [-0.25, -0.2) is 0 Å². The lowest BCUT2D eigenvalue weighted by Gasteiger charge is -2.29. The van der Waals surface area contributed by atoms with Crippen molar-refractivity contribution in [3.8, 4) is 17.2 Å². The number of hydrogen-bond acceptors (Lipinski definition) is 6. The fraction of sp³-hybridized carbons (Fsp3) is 0.273. The first-order valence-corrected chi connectivity index (χ1v) is 10.6. The minimum atomic E-state index is -0.344. The number of nitrogens with one attached hydrogen (secondary N) is 1. The van der Waals surface area contributed by atoms with Crippen molar-refractivity contribution in [2.75, 3.05) is 23.4 Å². The number of amides is 2. The van der Waals surface area contributed by atoms with Crippen molar-refractivity contribution in [3.63, 3.8) is 0 Å². The van der Waals surface area contributed by atoms with Crippen molar-refractivity contribution in [2.45, 2.75) is 26.7 Å². The van der Waals surface area contributed by atoms with Gasteiger partial charge in [-0.15, -0.1) is 0 Å². The largest absolute Gasteiger partial charge is 0.482 e. The Kier molecular flexibility index (Phi) is 5.77. The summed E-state index contributed by atoms with van der Waals surface area (Å²) in [6, 6.07) is 10.9. The molecule has 1 aliphatic heterocycles. The number of carbonyl (C=O) groups excluding carboxylic acids is 2. The molecule has 0 bridgehead atoms. The first kappa shape index (κ1) is 21.0. The Labute approximate surface area is 187 Å². The zero-order valence-electron chi connectivity index (χ0n) is 17.3. The van der Waals surface area contributed by atoms with Gasteiger partial charge < -0.3 is 14.6 Å². The van der Waals surface area contributed by atoms with Gasteiger partial charge in [0.15, 0.2) is 12.4 Å². The molecule has 2 heterocycles. The average Bonchev–Trinajstić information content (AvgIpc) is 3.22. The molecule has 4 rings (SSSR count). The van der Waals surface area contributed by atoms with E-state index in [-0.39, 0.29) is 30.9 Å². The molecule has 0 atom stereocenters. The summed E-state index contributed by atoms with van der Waals surface area (Å²) in [5.41, 5.74) is 2.60. The van der Waals surface area contributed by atoms with E-state index in [0.717, 1.165) is 10.0 Å². The van der Waals surface area contributed by atoms with Gasteiger partial charge in [-0.1, -0.05) is 47.1 Å². The van der Waals surface area contributed by atoms with Gasteiger partial charge in [-0.3, -0.25) is 14.5 Å². The molecule has 160 valence electrons. The third-order valence-electron chi connectivity index (χ3n) is 4.89. The molecule has 31 heavy (non-hydrogen) atoms. The number of nitrogens with zero attached hydrogens (tertiary/aromatic N) is 3. The maximum absolute atomic E-state index is 12.9. The lowest BCUT2D eigenvalue weighted by molar-refractivity contribution is -0.123.